The predicted octanol–water partition coefficient (Wildman–Crippen LogP) is 1.74. The molecule has 0 bridgehead atoms. The zero-order valence-electron chi connectivity index (χ0n) is 9.67. The van der Waals surface area contributed by atoms with Crippen LogP contribution < -0.4 is 9.46 Å². The summed E-state index contributed by atoms with van der Waals surface area (Å²) in [5.74, 6) is 0.640. The van der Waals surface area contributed by atoms with Crippen molar-refractivity contribution in [2.24, 2.45) is 0 Å². The van der Waals surface area contributed by atoms with Crippen molar-refractivity contribution in [2.75, 3.05) is 0 Å². The van der Waals surface area contributed by atoms with E-state index in [2.05, 4.69) is 4.72 Å². The van der Waals surface area contributed by atoms with Gasteiger partial charge in [-0.15, -0.1) is 0 Å². The SMILES string of the molecule is CC(NS(=O)(=O)C(C)C)Oc1ccccc1. The molecule has 1 aromatic carbocycles. The summed E-state index contributed by atoms with van der Waals surface area (Å²) in [5, 5.41) is -0.464. The van der Waals surface area contributed by atoms with Crippen molar-refractivity contribution in [3.05, 3.63) is 30.3 Å². The molecule has 0 amide bonds. The standard InChI is InChI=1S/C11H17NO3S/c1-9(2)16(13,14)12-10(3)15-11-7-5-4-6-8-11/h4-10,12H,1-3H3. The predicted molar refractivity (Wildman–Crippen MR) is 63.7 cm³/mol. The van der Waals surface area contributed by atoms with Crippen LogP contribution in [-0.4, -0.2) is 19.9 Å². The van der Waals surface area contributed by atoms with Gasteiger partial charge in [-0.1, -0.05) is 18.2 Å². The summed E-state index contributed by atoms with van der Waals surface area (Å²) >= 11 is 0. The molecule has 1 atom stereocenters. The summed E-state index contributed by atoms with van der Waals surface area (Å²) in [6.07, 6.45) is -0.574. The second-order valence-corrected chi connectivity index (χ2v) is 6.05. The maximum absolute atomic E-state index is 11.5. The first-order valence-corrected chi connectivity index (χ1v) is 6.69. The molecular weight excluding hydrogens is 226 g/mol. The molecule has 0 saturated heterocycles. The summed E-state index contributed by atoms with van der Waals surface area (Å²) in [5.41, 5.74) is 0. The fraction of sp³-hybridized carbons (Fsp3) is 0.455. The Morgan fingerprint density at radius 2 is 1.69 bits per heavy atom. The van der Waals surface area contributed by atoms with Crippen LogP contribution in [0.25, 0.3) is 0 Å². The van der Waals surface area contributed by atoms with Crippen LogP contribution in [0.1, 0.15) is 20.8 Å². The van der Waals surface area contributed by atoms with Gasteiger partial charge in [0.05, 0.1) is 5.25 Å². The summed E-state index contributed by atoms with van der Waals surface area (Å²) in [7, 11) is -3.29. The lowest BCUT2D eigenvalue weighted by Crippen LogP contribution is -2.40. The van der Waals surface area contributed by atoms with Crippen molar-refractivity contribution in [3.8, 4) is 5.75 Å². The van der Waals surface area contributed by atoms with Gasteiger partial charge < -0.3 is 4.74 Å². The van der Waals surface area contributed by atoms with E-state index in [1.807, 2.05) is 18.2 Å². The largest absolute Gasteiger partial charge is 0.475 e. The molecular formula is C11H17NO3S. The van der Waals surface area contributed by atoms with Crippen molar-refractivity contribution in [2.45, 2.75) is 32.2 Å². The zero-order chi connectivity index (χ0) is 12.2. The minimum absolute atomic E-state index is 0.464. The molecule has 90 valence electrons. The van der Waals surface area contributed by atoms with Gasteiger partial charge in [-0.3, -0.25) is 0 Å². The highest BCUT2D eigenvalue weighted by molar-refractivity contribution is 7.90. The number of ether oxygens (including phenoxy) is 1. The van der Waals surface area contributed by atoms with Gasteiger partial charge in [0.1, 0.15) is 5.75 Å². The van der Waals surface area contributed by atoms with Crippen LogP contribution in [-0.2, 0) is 10.0 Å². The second-order valence-electron chi connectivity index (χ2n) is 3.78. The van der Waals surface area contributed by atoms with Crippen molar-refractivity contribution in [3.63, 3.8) is 0 Å². The van der Waals surface area contributed by atoms with E-state index in [1.165, 1.54) is 0 Å². The minimum atomic E-state index is -3.29. The zero-order valence-corrected chi connectivity index (χ0v) is 10.5. The van der Waals surface area contributed by atoms with Crippen molar-refractivity contribution in [1.82, 2.24) is 4.72 Å². The van der Waals surface area contributed by atoms with Crippen LogP contribution in [0.2, 0.25) is 0 Å². The van der Waals surface area contributed by atoms with Crippen LogP contribution in [0.15, 0.2) is 30.3 Å². The molecule has 4 nitrogen and oxygen atoms in total. The van der Waals surface area contributed by atoms with E-state index in [0.29, 0.717) is 5.75 Å². The number of sulfonamides is 1. The van der Waals surface area contributed by atoms with Gasteiger partial charge in [0.15, 0.2) is 6.23 Å². The highest BCUT2D eigenvalue weighted by Gasteiger charge is 2.19. The normalized spacial score (nSPS) is 13.8. The molecule has 0 aromatic heterocycles. The molecule has 1 rings (SSSR count). The third kappa shape index (κ3) is 3.83. The van der Waals surface area contributed by atoms with Crippen molar-refractivity contribution < 1.29 is 13.2 Å². The molecule has 16 heavy (non-hydrogen) atoms. The van der Waals surface area contributed by atoms with E-state index >= 15 is 0 Å². The van der Waals surface area contributed by atoms with Gasteiger partial charge >= 0.3 is 0 Å². The van der Waals surface area contributed by atoms with Crippen LogP contribution in [0, 0.1) is 0 Å². The van der Waals surface area contributed by atoms with E-state index in [1.54, 1.807) is 32.9 Å². The van der Waals surface area contributed by atoms with Gasteiger partial charge in [0.25, 0.3) is 0 Å². The molecule has 0 fully saturated rings. The maximum atomic E-state index is 11.5. The Morgan fingerprint density at radius 1 is 1.12 bits per heavy atom. The number of hydrogen-bond donors (Lipinski definition) is 1. The molecule has 0 saturated carbocycles. The fourth-order valence-corrected chi connectivity index (χ4v) is 1.88. The topological polar surface area (TPSA) is 55.4 Å². The molecule has 0 aliphatic carbocycles. The summed E-state index contributed by atoms with van der Waals surface area (Å²) in [4.78, 5) is 0. The molecule has 0 aliphatic rings. The van der Waals surface area contributed by atoms with Crippen LogP contribution in [0.5, 0.6) is 5.75 Å². The summed E-state index contributed by atoms with van der Waals surface area (Å²) in [6, 6.07) is 9.09. The average molecular weight is 243 g/mol. The first-order valence-electron chi connectivity index (χ1n) is 5.14. The summed E-state index contributed by atoms with van der Waals surface area (Å²) in [6.45, 7) is 4.90. The van der Waals surface area contributed by atoms with Crippen LogP contribution in [0.4, 0.5) is 0 Å². The van der Waals surface area contributed by atoms with Gasteiger partial charge in [0, 0.05) is 0 Å². The Kier molecular flexibility index (Phi) is 4.32. The number of hydrogen-bond acceptors (Lipinski definition) is 3. The third-order valence-corrected chi connectivity index (χ3v) is 3.91. The van der Waals surface area contributed by atoms with Crippen LogP contribution >= 0.6 is 0 Å². The number of rotatable bonds is 5. The lowest BCUT2D eigenvalue weighted by atomic mass is 10.3. The third-order valence-electron chi connectivity index (χ3n) is 2.01. The molecule has 0 radical (unpaired) electrons. The van der Waals surface area contributed by atoms with Gasteiger partial charge in [-0.25, -0.2) is 8.42 Å². The molecule has 1 aromatic rings. The van der Waals surface area contributed by atoms with Crippen LogP contribution in [0.3, 0.4) is 0 Å². The highest BCUT2D eigenvalue weighted by Crippen LogP contribution is 2.10. The molecule has 1 N–H and O–H groups in total. The van der Waals surface area contributed by atoms with E-state index in [-0.39, 0.29) is 0 Å². The average Bonchev–Trinajstić information content (AvgIpc) is 2.17. The van der Waals surface area contributed by atoms with E-state index < -0.39 is 21.5 Å². The second kappa shape index (κ2) is 5.32. The number of benzene rings is 1. The smallest absolute Gasteiger partial charge is 0.216 e. The number of para-hydroxylation sites is 1. The molecule has 0 heterocycles. The lowest BCUT2D eigenvalue weighted by Gasteiger charge is -2.17. The highest BCUT2D eigenvalue weighted by atomic mass is 32.2. The van der Waals surface area contributed by atoms with Gasteiger partial charge in [-0.05, 0) is 32.9 Å². The van der Waals surface area contributed by atoms with E-state index in [4.69, 9.17) is 4.74 Å². The van der Waals surface area contributed by atoms with Crippen molar-refractivity contribution in [1.29, 1.82) is 0 Å². The first kappa shape index (κ1) is 13.0. The Balaban J connectivity index is 2.58. The molecule has 5 heteroatoms. The molecule has 0 aliphatic heterocycles. The first-order chi connectivity index (χ1) is 7.42. The van der Waals surface area contributed by atoms with E-state index in [9.17, 15) is 8.42 Å². The summed E-state index contributed by atoms with van der Waals surface area (Å²) < 4.78 is 30.9. The molecule has 0 spiro atoms. The number of nitrogens with one attached hydrogen (secondary N) is 1. The van der Waals surface area contributed by atoms with Gasteiger partial charge in [0.2, 0.25) is 10.0 Å². The fourth-order valence-electron chi connectivity index (χ4n) is 1.09. The Hall–Kier alpha value is -1.07. The molecule has 1 unspecified atom stereocenters. The Morgan fingerprint density at radius 3 is 2.19 bits per heavy atom. The Bertz CT molecular complexity index is 414. The monoisotopic (exact) mass is 243 g/mol. The van der Waals surface area contributed by atoms with Crippen molar-refractivity contribution >= 4 is 10.0 Å². The maximum Gasteiger partial charge on any atom is 0.216 e. The van der Waals surface area contributed by atoms with E-state index in [0.717, 1.165) is 0 Å². The van der Waals surface area contributed by atoms with Gasteiger partial charge in [-0.2, -0.15) is 4.72 Å². The quantitative estimate of drug-likeness (QED) is 0.801. The minimum Gasteiger partial charge on any atom is -0.475 e. The lowest BCUT2D eigenvalue weighted by molar-refractivity contribution is 0.210. The Labute approximate surface area is 96.7 Å².